The molecule has 0 radical (unpaired) electrons. The topological polar surface area (TPSA) is 86.7 Å². The van der Waals surface area contributed by atoms with Gasteiger partial charge in [-0.15, -0.1) is 0 Å². The molecular weight excluding hydrogens is 156 g/mol. The summed E-state index contributed by atoms with van der Waals surface area (Å²) in [6.07, 6.45) is 3.39. The van der Waals surface area contributed by atoms with Gasteiger partial charge in [0.1, 0.15) is 0 Å². The average Bonchev–Trinajstić information content (AvgIpc) is 2.80. The number of hydrazine groups is 1. The Morgan fingerprint density at radius 3 is 1.58 bits per heavy atom. The minimum absolute atomic E-state index is 0.0833. The Balaban J connectivity index is 0.000000150. The minimum Gasteiger partial charge on any atom is -0.258 e. The van der Waals surface area contributed by atoms with Crippen LogP contribution in [0.15, 0.2) is 12.4 Å². The first-order valence-corrected chi connectivity index (χ1v) is 3.50. The molecule has 1 aliphatic heterocycles. The van der Waals surface area contributed by atoms with Crippen LogP contribution in [0.25, 0.3) is 0 Å². The van der Waals surface area contributed by atoms with Gasteiger partial charge in [-0.3, -0.25) is 9.97 Å². The van der Waals surface area contributed by atoms with Crippen LogP contribution >= 0.6 is 0 Å². The van der Waals surface area contributed by atoms with E-state index >= 15 is 0 Å². The van der Waals surface area contributed by atoms with Crippen molar-refractivity contribution in [2.45, 2.75) is 13.8 Å². The third kappa shape index (κ3) is 2.96. The van der Waals surface area contributed by atoms with Crippen molar-refractivity contribution >= 4 is 6.03 Å². The largest absolute Gasteiger partial charge is 0.352 e. The first-order valence-electron chi connectivity index (χ1n) is 3.50. The summed E-state index contributed by atoms with van der Waals surface area (Å²) in [5.74, 6) is 0. The molecule has 1 aromatic rings. The summed E-state index contributed by atoms with van der Waals surface area (Å²) in [4.78, 5) is 17.4. The molecule has 1 fully saturated rings. The van der Waals surface area contributed by atoms with Gasteiger partial charge >= 0.3 is 6.03 Å². The zero-order chi connectivity index (χ0) is 8.97. The average molecular weight is 166 g/mol. The standard InChI is InChI=1S/C6H8N2.CH2N2O/c1-5-6(2)8-4-3-7-5;4-1-2-3-1/h3-4H,1-2H3;(H2,2,3,4). The predicted octanol–water partition coefficient (Wildman–Crippen LogP) is 0.308. The number of aromatic nitrogens is 2. The second kappa shape index (κ2) is 3.66. The maximum atomic E-state index is 9.33. The molecule has 0 bridgehead atoms. The summed E-state index contributed by atoms with van der Waals surface area (Å²) in [7, 11) is 0. The molecule has 2 N–H and O–H groups in total. The van der Waals surface area contributed by atoms with Crippen molar-refractivity contribution < 1.29 is 4.79 Å². The highest BCUT2D eigenvalue weighted by atomic mass is 16.2. The van der Waals surface area contributed by atoms with Crippen molar-refractivity contribution in [1.82, 2.24) is 20.8 Å². The maximum absolute atomic E-state index is 9.33. The molecule has 0 aromatic carbocycles. The fourth-order valence-corrected chi connectivity index (χ4v) is 0.503. The molecule has 12 heavy (non-hydrogen) atoms. The normalized spacial score (nSPS) is 12.0. The van der Waals surface area contributed by atoms with Crippen molar-refractivity contribution in [3.8, 4) is 0 Å². The van der Waals surface area contributed by atoms with E-state index in [4.69, 9.17) is 0 Å². The Morgan fingerprint density at radius 1 is 1.08 bits per heavy atom. The van der Waals surface area contributed by atoms with E-state index < -0.39 is 0 Å². The highest BCUT2D eigenvalue weighted by Crippen LogP contribution is 1.93. The van der Waals surface area contributed by atoms with Crippen molar-refractivity contribution in [2.75, 3.05) is 0 Å². The molecule has 2 rings (SSSR count). The lowest BCUT2D eigenvalue weighted by atomic mass is 10.4. The number of nitrogens with zero attached hydrogens (tertiary/aromatic N) is 2. The molecule has 1 aromatic heterocycles. The number of rotatable bonds is 0. The zero-order valence-corrected chi connectivity index (χ0v) is 6.96. The van der Waals surface area contributed by atoms with Gasteiger partial charge in [-0.1, -0.05) is 0 Å². The highest BCUT2D eigenvalue weighted by Gasteiger charge is 2.08. The van der Waals surface area contributed by atoms with Crippen molar-refractivity contribution in [3.63, 3.8) is 0 Å². The highest BCUT2D eigenvalue weighted by molar-refractivity contribution is 5.85. The van der Waals surface area contributed by atoms with Crippen LogP contribution in [0.4, 0.5) is 4.79 Å². The number of aryl methyl sites for hydroxylation is 2. The third-order valence-electron chi connectivity index (χ3n) is 1.35. The summed E-state index contributed by atoms with van der Waals surface area (Å²) >= 11 is 0. The fourth-order valence-electron chi connectivity index (χ4n) is 0.503. The fraction of sp³-hybridized carbons (Fsp3) is 0.286. The van der Waals surface area contributed by atoms with Crippen LogP contribution in [0.2, 0.25) is 0 Å². The summed E-state index contributed by atoms with van der Waals surface area (Å²) in [6, 6.07) is -0.0833. The van der Waals surface area contributed by atoms with Gasteiger partial charge < -0.3 is 0 Å². The summed E-state index contributed by atoms with van der Waals surface area (Å²) in [6.45, 7) is 3.89. The van der Waals surface area contributed by atoms with Crippen LogP contribution in [0.5, 0.6) is 0 Å². The van der Waals surface area contributed by atoms with Crippen LogP contribution < -0.4 is 10.9 Å². The molecule has 0 spiro atoms. The number of nitrogens with one attached hydrogen (secondary N) is 2. The van der Waals surface area contributed by atoms with Crippen LogP contribution in [0.3, 0.4) is 0 Å². The van der Waals surface area contributed by atoms with Crippen LogP contribution in [-0.4, -0.2) is 16.0 Å². The van der Waals surface area contributed by atoms with E-state index in [2.05, 4.69) is 20.8 Å². The van der Waals surface area contributed by atoms with Crippen LogP contribution in [0.1, 0.15) is 11.4 Å². The quantitative estimate of drug-likeness (QED) is 0.543. The SMILES string of the molecule is Cc1nccnc1C.O=C1NN1. The molecule has 5 nitrogen and oxygen atoms in total. The molecule has 1 saturated heterocycles. The molecule has 0 saturated carbocycles. The van der Waals surface area contributed by atoms with Gasteiger partial charge in [0, 0.05) is 12.4 Å². The van der Waals surface area contributed by atoms with Gasteiger partial charge in [-0.2, -0.15) is 0 Å². The van der Waals surface area contributed by atoms with Crippen molar-refractivity contribution in [1.29, 1.82) is 0 Å². The van der Waals surface area contributed by atoms with Gasteiger partial charge in [0.2, 0.25) is 0 Å². The lowest BCUT2D eigenvalue weighted by molar-refractivity contribution is 0.266. The van der Waals surface area contributed by atoms with Crippen LogP contribution in [0, 0.1) is 13.8 Å². The first-order chi connectivity index (χ1) is 5.70. The number of hydrogen-bond donors (Lipinski definition) is 2. The van der Waals surface area contributed by atoms with E-state index in [0.717, 1.165) is 11.4 Å². The Hall–Kier alpha value is -1.65. The second-order valence-electron chi connectivity index (χ2n) is 2.31. The van der Waals surface area contributed by atoms with Crippen molar-refractivity contribution in [3.05, 3.63) is 23.8 Å². The molecule has 0 unspecified atom stereocenters. The number of urea groups is 1. The Morgan fingerprint density at radius 2 is 1.42 bits per heavy atom. The molecule has 1 aliphatic rings. The molecule has 0 atom stereocenters. The van der Waals surface area contributed by atoms with Gasteiger partial charge in [0.05, 0.1) is 11.4 Å². The number of carbonyl (C=O) groups is 1. The summed E-state index contributed by atoms with van der Waals surface area (Å²) in [5, 5.41) is 0. The monoisotopic (exact) mass is 166 g/mol. The van der Waals surface area contributed by atoms with E-state index in [1.807, 2.05) is 13.8 Å². The Labute approximate surface area is 70.2 Å². The lowest BCUT2D eigenvalue weighted by Crippen LogP contribution is -1.87. The van der Waals surface area contributed by atoms with E-state index in [1.54, 1.807) is 12.4 Å². The van der Waals surface area contributed by atoms with Gasteiger partial charge in [-0.05, 0) is 13.8 Å². The second-order valence-corrected chi connectivity index (χ2v) is 2.31. The minimum atomic E-state index is -0.0833. The third-order valence-corrected chi connectivity index (χ3v) is 1.35. The Bertz CT molecular complexity index is 259. The molecule has 5 heteroatoms. The van der Waals surface area contributed by atoms with Crippen LogP contribution in [-0.2, 0) is 0 Å². The van der Waals surface area contributed by atoms with E-state index in [0.29, 0.717) is 0 Å². The smallest absolute Gasteiger partial charge is 0.258 e. The zero-order valence-electron chi connectivity index (χ0n) is 6.96. The summed E-state index contributed by atoms with van der Waals surface area (Å²) in [5.41, 5.74) is 6.43. The molecular formula is C7H10N4O. The van der Waals surface area contributed by atoms with Gasteiger partial charge in [0.25, 0.3) is 0 Å². The van der Waals surface area contributed by atoms with Gasteiger partial charge in [0.15, 0.2) is 0 Å². The molecule has 2 heterocycles. The maximum Gasteiger partial charge on any atom is 0.352 e. The number of amides is 2. The van der Waals surface area contributed by atoms with E-state index in [1.165, 1.54) is 0 Å². The number of hydrogen-bond acceptors (Lipinski definition) is 3. The molecule has 2 amide bonds. The first kappa shape index (κ1) is 8.45. The molecule has 0 aliphatic carbocycles. The summed E-state index contributed by atoms with van der Waals surface area (Å²) < 4.78 is 0. The lowest BCUT2D eigenvalue weighted by Gasteiger charge is -1.91. The Kier molecular flexibility index (Phi) is 2.57. The van der Waals surface area contributed by atoms with Crippen molar-refractivity contribution in [2.24, 2.45) is 0 Å². The number of carbonyl (C=O) groups excluding carboxylic acids is 1. The van der Waals surface area contributed by atoms with E-state index in [9.17, 15) is 4.79 Å². The predicted molar refractivity (Wildman–Crippen MR) is 43.2 cm³/mol. The van der Waals surface area contributed by atoms with E-state index in [-0.39, 0.29) is 6.03 Å². The van der Waals surface area contributed by atoms with Gasteiger partial charge in [-0.25, -0.2) is 15.6 Å². The molecule has 64 valence electrons.